The standard InChI is InChI=1S/C20H14F7N3O4/c1-28(12-5-3-11(21)4-6-12)18(33)34-16-13(20(25,26)27)7-10(19(22,23)24)8-14(16)30-9-15(31)29(2)17(30)32/h3-8H,9H2,1-2H3. The van der Waals surface area contributed by atoms with Gasteiger partial charge < -0.3 is 4.74 Å². The van der Waals surface area contributed by atoms with Crippen molar-refractivity contribution in [2.24, 2.45) is 0 Å². The number of benzene rings is 2. The molecule has 1 heterocycles. The van der Waals surface area contributed by atoms with Gasteiger partial charge in [-0.15, -0.1) is 0 Å². The first kappa shape index (κ1) is 24.8. The van der Waals surface area contributed by atoms with Crippen molar-refractivity contribution in [1.82, 2.24) is 4.90 Å². The number of anilines is 2. The third-order valence-corrected chi connectivity index (χ3v) is 4.86. The van der Waals surface area contributed by atoms with E-state index in [-0.39, 0.29) is 17.8 Å². The van der Waals surface area contributed by atoms with E-state index in [1.165, 1.54) is 0 Å². The number of hydrogen-bond donors (Lipinski definition) is 0. The molecule has 2 aromatic carbocycles. The first-order valence-electron chi connectivity index (χ1n) is 9.23. The van der Waals surface area contributed by atoms with E-state index < -0.39 is 65.3 Å². The van der Waals surface area contributed by atoms with Gasteiger partial charge in [0, 0.05) is 19.8 Å². The number of imide groups is 1. The van der Waals surface area contributed by atoms with Gasteiger partial charge in [0.05, 0.1) is 11.3 Å². The summed E-state index contributed by atoms with van der Waals surface area (Å²) in [6.07, 6.45) is -12.2. The summed E-state index contributed by atoms with van der Waals surface area (Å²) in [7, 11) is 2.04. The van der Waals surface area contributed by atoms with Crippen LogP contribution in [0, 0.1) is 5.82 Å². The van der Waals surface area contributed by atoms with Gasteiger partial charge in [-0.1, -0.05) is 0 Å². The zero-order chi connectivity index (χ0) is 25.6. The lowest BCUT2D eigenvalue weighted by Crippen LogP contribution is -2.33. The number of nitrogens with zero attached hydrogens (tertiary/aromatic N) is 3. The summed E-state index contributed by atoms with van der Waals surface area (Å²) in [6.45, 7) is -0.883. The van der Waals surface area contributed by atoms with Gasteiger partial charge in [0.15, 0.2) is 5.75 Å². The van der Waals surface area contributed by atoms with Crippen LogP contribution in [-0.2, 0) is 17.1 Å². The Morgan fingerprint density at radius 3 is 2.06 bits per heavy atom. The highest BCUT2D eigenvalue weighted by Crippen LogP contribution is 2.46. The van der Waals surface area contributed by atoms with E-state index in [0.29, 0.717) is 14.7 Å². The van der Waals surface area contributed by atoms with Crippen molar-refractivity contribution in [2.45, 2.75) is 12.4 Å². The Kier molecular flexibility index (Phi) is 6.20. The number of hydrogen-bond acceptors (Lipinski definition) is 4. The monoisotopic (exact) mass is 493 g/mol. The lowest BCUT2D eigenvalue weighted by Gasteiger charge is -2.25. The maximum absolute atomic E-state index is 13.8. The molecule has 0 spiro atoms. The first-order chi connectivity index (χ1) is 15.6. The molecular weight excluding hydrogens is 479 g/mol. The van der Waals surface area contributed by atoms with Crippen molar-refractivity contribution < 1.29 is 49.9 Å². The number of alkyl halides is 6. The van der Waals surface area contributed by atoms with Crippen LogP contribution in [0.15, 0.2) is 36.4 Å². The highest BCUT2D eigenvalue weighted by Gasteiger charge is 2.44. The van der Waals surface area contributed by atoms with E-state index >= 15 is 0 Å². The van der Waals surface area contributed by atoms with E-state index in [1.54, 1.807) is 0 Å². The van der Waals surface area contributed by atoms with E-state index in [4.69, 9.17) is 4.74 Å². The molecule has 3 rings (SSSR count). The number of carbonyl (C=O) groups is 3. The number of ether oxygens (including phenoxy) is 1. The fourth-order valence-corrected chi connectivity index (χ4v) is 3.01. The van der Waals surface area contributed by atoms with Crippen LogP contribution >= 0.6 is 0 Å². The lowest BCUT2D eigenvalue weighted by molar-refractivity contribution is -0.143. The van der Waals surface area contributed by atoms with Crippen LogP contribution in [0.1, 0.15) is 11.1 Å². The Labute approximate surface area is 186 Å². The predicted octanol–water partition coefficient (Wildman–Crippen LogP) is 4.90. The quantitative estimate of drug-likeness (QED) is 0.451. The predicted molar refractivity (Wildman–Crippen MR) is 103 cm³/mol. The number of amides is 4. The van der Waals surface area contributed by atoms with Crippen molar-refractivity contribution in [3.8, 4) is 5.75 Å². The molecule has 34 heavy (non-hydrogen) atoms. The van der Waals surface area contributed by atoms with Gasteiger partial charge in [0.1, 0.15) is 17.9 Å². The second kappa shape index (κ2) is 8.50. The van der Waals surface area contributed by atoms with Gasteiger partial charge in [-0.05, 0) is 36.4 Å². The number of rotatable bonds is 3. The molecule has 0 unspecified atom stereocenters. The van der Waals surface area contributed by atoms with E-state index in [0.717, 1.165) is 38.4 Å². The molecule has 0 atom stereocenters. The van der Waals surface area contributed by atoms with Gasteiger partial charge in [-0.3, -0.25) is 19.5 Å². The summed E-state index contributed by atoms with van der Waals surface area (Å²) in [4.78, 5) is 38.3. The van der Waals surface area contributed by atoms with Crippen LogP contribution in [0.5, 0.6) is 5.75 Å². The molecule has 1 fully saturated rings. The Morgan fingerprint density at radius 2 is 1.59 bits per heavy atom. The molecule has 4 amide bonds. The Bertz CT molecular complexity index is 1150. The molecule has 1 saturated heterocycles. The maximum atomic E-state index is 13.8. The highest BCUT2D eigenvalue weighted by atomic mass is 19.4. The van der Waals surface area contributed by atoms with Crippen LogP contribution in [0.2, 0.25) is 0 Å². The second-order valence-electron chi connectivity index (χ2n) is 7.09. The normalized spacial score (nSPS) is 14.6. The average molecular weight is 493 g/mol. The van der Waals surface area contributed by atoms with E-state index in [9.17, 15) is 45.1 Å². The topological polar surface area (TPSA) is 70.2 Å². The molecule has 1 aliphatic heterocycles. The van der Waals surface area contributed by atoms with Crippen LogP contribution in [0.25, 0.3) is 0 Å². The van der Waals surface area contributed by atoms with Gasteiger partial charge in [0.2, 0.25) is 5.91 Å². The molecule has 0 bridgehead atoms. The molecule has 1 aliphatic rings. The van der Waals surface area contributed by atoms with E-state index in [1.807, 2.05) is 0 Å². The van der Waals surface area contributed by atoms with Crippen LogP contribution in [-0.4, -0.2) is 43.6 Å². The molecule has 0 radical (unpaired) electrons. The van der Waals surface area contributed by atoms with E-state index in [2.05, 4.69) is 0 Å². The van der Waals surface area contributed by atoms with Crippen molar-refractivity contribution in [2.75, 3.05) is 30.4 Å². The largest absolute Gasteiger partial charge is 0.420 e. The zero-order valence-electron chi connectivity index (χ0n) is 17.3. The smallest absolute Gasteiger partial charge is 0.407 e. The van der Waals surface area contributed by atoms with Crippen LogP contribution < -0.4 is 14.5 Å². The summed E-state index contributed by atoms with van der Waals surface area (Å²) in [5, 5.41) is 0. The van der Waals surface area contributed by atoms with Gasteiger partial charge >= 0.3 is 24.5 Å². The minimum absolute atomic E-state index is 0.0134. The van der Waals surface area contributed by atoms with Crippen molar-refractivity contribution in [3.05, 3.63) is 53.3 Å². The number of halogens is 7. The fraction of sp³-hybridized carbons (Fsp3) is 0.250. The lowest BCUT2D eigenvalue weighted by atomic mass is 10.1. The van der Waals surface area contributed by atoms with Crippen molar-refractivity contribution in [3.63, 3.8) is 0 Å². The molecule has 14 heteroatoms. The summed E-state index contributed by atoms with van der Waals surface area (Å²) in [6, 6.07) is 2.80. The number of urea groups is 1. The van der Waals surface area contributed by atoms with Gasteiger partial charge in [-0.25, -0.2) is 14.0 Å². The van der Waals surface area contributed by atoms with Crippen molar-refractivity contribution >= 4 is 29.4 Å². The minimum atomic E-state index is -5.45. The first-order valence-corrected chi connectivity index (χ1v) is 9.23. The number of carbonyl (C=O) groups excluding carboxylic acids is 3. The highest BCUT2D eigenvalue weighted by molar-refractivity contribution is 6.12. The molecule has 0 aliphatic carbocycles. The molecule has 182 valence electrons. The third-order valence-electron chi connectivity index (χ3n) is 4.86. The van der Waals surface area contributed by atoms with Crippen LogP contribution in [0.4, 0.5) is 51.7 Å². The molecule has 0 aromatic heterocycles. The minimum Gasteiger partial charge on any atom is -0.407 e. The molecule has 0 N–H and O–H groups in total. The summed E-state index contributed by atoms with van der Waals surface area (Å²) < 4.78 is 99.3. The fourth-order valence-electron chi connectivity index (χ4n) is 3.01. The third kappa shape index (κ3) is 4.75. The Balaban J connectivity index is 2.17. The molecular formula is C20H14F7N3O4. The maximum Gasteiger partial charge on any atom is 0.420 e. The molecule has 2 aromatic rings. The number of likely N-dealkylation sites (N-methyl/N-ethyl adjacent to an activating group) is 1. The average Bonchev–Trinajstić information content (AvgIpc) is 2.99. The summed E-state index contributed by atoms with van der Waals surface area (Å²) >= 11 is 0. The summed E-state index contributed by atoms with van der Waals surface area (Å²) in [5.74, 6) is -2.98. The summed E-state index contributed by atoms with van der Waals surface area (Å²) in [5.41, 5.74) is -4.87. The van der Waals surface area contributed by atoms with Crippen molar-refractivity contribution in [1.29, 1.82) is 0 Å². The second-order valence-corrected chi connectivity index (χ2v) is 7.09. The Morgan fingerprint density at radius 1 is 1.00 bits per heavy atom. The van der Waals surface area contributed by atoms with Gasteiger partial charge in [0.25, 0.3) is 0 Å². The SMILES string of the molecule is CN1C(=O)CN(c2cc(C(F)(F)F)cc(C(F)(F)F)c2OC(=O)N(C)c2ccc(F)cc2)C1=O. The van der Waals surface area contributed by atoms with Gasteiger partial charge in [-0.2, -0.15) is 26.3 Å². The Hall–Kier alpha value is -3.84. The zero-order valence-corrected chi connectivity index (χ0v) is 17.3. The molecule has 7 nitrogen and oxygen atoms in total. The molecule has 0 saturated carbocycles. The van der Waals surface area contributed by atoms with Crippen LogP contribution in [0.3, 0.4) is 0 Å².